The van der Waals surface area contributed by atoms with Gasteiger partial charge in [0.15, 0.2) is 4.90 Å². The highest BCUT2D eigenvalue weighted by molar-refractivity contribution is 7.89. The van der Waals surface area contributed by atoms with Crippen molar-refractivity contribution >= 4 is 15.7 Å². The number of nitrogens with zero attached hydrogens (tertiary/aromatic N) is 2. The van der Waals surface area contributed by atoms with E-state index >= 15 is 0 Å². The van der Waals surface area contributed by atoms with Gasteiger partial charge in [0.25, 0.3) is 0 Å². The van der Waals surface area contributed by atoms with Gasteiger partial charge >= 0.3 is 0 Å². The summed E-state index contributed by atoms with van der Waals surface area (Å²) in [5, 5.41) is 0. The fourth-order valence-electron chi connectivity index (χ4n) is 1.84. The average Bonchev–Trinajstić information content (AvgIpc) is 2.73. The maximum atomic E-state index is 13.6. The molecule has 0 saturated heterocycles. The van der Waals surface area contributed by atoms with Gasteiger partial charge in [-0.15, -0.1) is 0 Å². The standard InChI is InChI=1S/C12H14F2N4O2S/c1-18-5-4-16-11(18)2-3-17-21(19,20)12-9(13)6-8(15)7-10(12)14/h4-7,17H,2-3,15H2,1H3. The Morgan fingerprint density at radius 3 is 2.48 bits per heavy atom. The normalized spacial score (nSPS) is 11.8. The van der Waals surface area contributed by atoms with Crippen molar-refractivity contribution in [3.8, 4) is 0 Å². The summed E-state index contributed by atoms with van der Waals surface area (Å²) < 4.78 is 55.0. The van der Waals surface area contributed by atoms with Crippen molar-refractivity contribution in [1.29, 1.82) is 0 Å². The molecule has 0 atom stereocenters. The lowest BCUT2D eigenvalue weighted by atomic mass is 10.3. The van der Waals surface area contributed by atoms with Gasteiger partial charge in [0.05, 0.1) is 0 Å². The smallest absolute Gasteiger partial charge is 0.246 e. The second kappa shape index (κ2) is 5.78. The average molecular weight is 316 g/mol. The van der Waals surface area contributed by atoms with Crippen LogP contribution in [0.3, 0.4) is 0 Å². The predicted octanol–water partition coefficient (Wildman–Crippen LogP) is 0.802. The maximum absolute atomic E-state index is 13.6. The Morgan fingerprint density at radius 1 is 1.33 bits per heavy atom. The van der Waals surface area contributed by atoms with Gasteiger partial charge in [-0.3, -0.25) is 0 Å². The maximum Gasteiger partial charge on any atom is 0.246 e. The molecule has 3 N–H and O–H groups in total. The number of imidazole rings is 1. The number of aromatic nitrogens is 2. The zero-order valence-corrected chi connectivity index (χ0v) is 12.0. The van der Waals surface area contributed by atoms with E-state index in [1.54, 1.807) is 24.0 Å². The first-order chi connectivity index (χ1) is 9.81. The number of nitrogen functional groups attached to an aromatic ring is 1. The number of anilines is 1. The fraction of sp³-hybridized carbons (Fsp3) is 0.250. The quantitative estimate of drug-likeness (QED) is 0.799. The molecule has 1 heterocycles. The summed E-state index contributed by atoms with van der Waals surface area (Å²) in [6, 6.07) is 1.52. The predicted molar refractivity (Wildman–Crippen MR) is 72.9 cm³/mol. The van der Waals surface area contributed by atoms with Crippen LogP contribution < -0.4 is 10.5 Å². The Kier molecular flexibility index (Phi) is 4.24. The van der Waals surface area contributed by atoms with Gasteiger partial charge in [-0.2, -0.15) is 0 Å². The lowest BCUT2D eigenvalue weighted by Crippen LogP contribution is -2.28. The summed E-state index contributed by atoms with van der Waals surface area (Å²) in [5.74, 6) is -1.80. The van der Waals surface area contributed by atoms with E-state index < -0.39 is 26.6 Å². The highest BCUT2D eigenvalue weighted by Gasteiger charge is 2.24. The SMILES string of the molecule is Cn1ccnc1CCNS(=O)(=O)c1c(F)cc(N)cc1F. The van der Waals surface area contributed by atoms with Crippen LogP contribution in [0, 0.1) is 11.6 Å². The third kappa shape index (κ3) is 3.37. The molecule has 6 nitrogen and oxygen atoms in total. The van der Waals surface area contributed by atoms with Crippen LogP contribution in [-0.2, 0) is 23.5 Å². The van der Waals surface area contributed by atoms with E-state index in [0.717, 1.165) is 12.1 Å². The highest BCUT2D eigenvalue weighted by atomic mass is 32.2. The summed E-state index contributed by atoms with van der Waals surface area (Å²) in [5.41, 5.74) is 5.06. The van der Waals surface area contributed by atoms with E-state index in [9.17, 15) is 17.2 Å². The summed E-state index contributed by atoms with van der Waals surface area (Å²) in [4.78, 5) is 2.99. The minimum absolute atomic E-state index is 0.0313. The Morgan fingerprint density at radius 2 is 1.95 bits per heavy atom. The van der Waals surface area contributed by atoms with Crippen LogP contribution in [0.4, 0.5) is 14.5 Å². The second-order valence-electron chi connectivity index (χ2n) is 4.42. The number of aryl methyl sites for hydroxylation is 1. The summed E-state index contributed by atoms with van der Waals surface area (Å²) in [6.45, 7) is -0.0313. The van der Waals surface area contributed by atoms with E-state index in [2.05, 4.69) is 9.71 Å². The zero-order valence-electron chi connectivity index (χ0n) is 11.2. The van der Waals surface area contributed by atoms with E-state index in [4.69, 9.17) is 5.73 Å². The van der Waals surface area contributed by atoms with Crippen molar-refractivity contribution in [2.45, 2.75) is 11.3 Å². The van der Waals surface area contributed by atoms with Crippen LogP contribution in [0.1, 0.15) is 5.82 Å². The van der Waals surface area contributed by atoms with Crippen molar-refractivity contribution < 1.29 is 17.2 Å². The third-order valence-corrected chi connectivity index (χ3v) is 4.36. The van der Waals surface area contributed by atoms with Gasteiger partial charge in [0.1, 0.15) is 17.5 Å². The van der Waals surface area contributed by atoms with Gasteiger partial charge in [0, 0.05) is 38.1 Å². The molecular weight excluding hydrogens is 302 g/mol. The fourth-order valence-corrected chi connectivity index (χ4v) is 2.99. The summed E-state index contributed by atoms with van der Waals surface area (Å²) in [7, 11) is -2.54. The number of hydrogen-bond donors (Lipinski definition) is 2. The number of nitrogens with one attached hydrogen (secondary N) is 1. The molecule has 1 aromatic carbocycles. The lowest BCUT2D eigenvalue weighted by Gasteiger charge is -2.09. The van der Waals surface area contributed by atoms with Gasteiger partial charge < -0.3 is 10.3 Å². The van der Waals surface area contributed by atoms with Crippen LogP contribution in [0.2, 0.25) is 0 Å². The number of benzene rings is 1. The number of sulfonamides is 1. The van der Waals surface area contributed by atoms with Crippen molar-refractivity contribution in [2.75, 3.05) is 12.3 Å². The monoisotopic (exact) mass is 316 g/mol. The van der Waals surface area contributed by atoms with Crippen molar-refractivity contribution in [3.63, 3.8) is 0 Å². The molecule has 0 unspecified atom stereocenters. The topological polar surface area (TPSA) is 90.0 Å². The molecular formula is C12H14F2N4O2S. The first kappa shape index (κ1) is 15.4. The third-order valence-electron chi connectivity index (χ3n) is 2.85. The molecule has 0 aliphatic rings. The number of halogens is 2. The van der Waals surface area contributed by atoms with Crippen LogP contribution in [0.25, 0.3) is 0 Å². The molecule has 0 aliphatic heterocycles. The van der Waals surface area contributed by atoms with Crippen molar-refractivity contribution in [1.82, 2.24) is 14.3 Å². The first-order valence-corrected chi connectivity index (χ1v) is 7.50. The largest absolute Gasteiger partial charge is 0.399 e. The molecule has 114 valence electrons. The Labute approximate surface area is 120 Å². The molecule has 0 spiro atoms. The first-order valence-electron chi connectivity index (χ1n) is 6.01. The van der Waals surface area contributed by atoms with Gasteiger partial charge in [-0.1, -0.05) is 0 Å². The van der Waals surface area contributed by atoms with Crippen LogP contribution in [0.15, 0.2) is 29.4 Å². The zero-order chi connectivity index (χ0) is 15.6. The molecule has 1 aromatic heterocycles. The molecule has 0 saturated carbocycles. The molecule has 0 aliphatic carbocycles. The van der Waals surface area contributed by atoms with Gasteiger partial charge in [-0.05, 0) is 12.1 Å². The number of hydrogen-bond acceptors (Lipinski definition) is 4. The Balaban J connectivity index is 2.14. The minimum atomic E-state index is -4.30. The second-order valence-corrected chi connectivity index (χ2v) is 6.12. The minimum Gasteiger partial charge on any atom is -0.399 e. The van der Waals surface area contributed by atoms with Crippen LogP contribution in [-0.4, -0.2) is 24.5 Å². The summed E-state index contributed by atoms with van der Waals surface area (Å²) >= 11 is 0. The molecule has 0 bridgehead atoms. The molecule has 21 heavy (non-hydrogen) atoms. The Bertz CT molecular complexity index is 735. The Hall–Kier alpha value is -2.00. The van der Waals surface area contributed by atoms with Gasteiger partial charge in [-0.25, -0.2) is 26.9 Å². The lowest BCUT2D eigenvalue weighted by molar-refractivity contribution is 0.514. The molecule has 0 radical (unpaired) electrons. The molecule has 0 amide bonds. The van der Waals surface area contributed by atoms with Crippen molar-refractivity contribution in [2.24, 2.45) is 7.05 Å². The molecule has 2 aromatic rings. The van der Waals surface area contributed by atoms with E-state index in [1.807, 2.05) is 0 Å². The summed E-state index contributed by atoms with van der Waals surface area (Å²) in [6.07, 6.45) is 3.58. The van der Waals surface area contributed by atoms with E-state index in [-0.39, 0.29) is 12.2 Å². The molecule has 0 fully saturated rings. The van der Waals surface area contributed by atoms with E-state index in [1.165, 1.54) is 0 Å². The number of rotatable bonds is 5. The number of nitrogens with two attached hydrogens (primary N) is 1. The van der Waals surface area contributed by atoms with Gasteiger partial charge in [0.2, 0.25) is 10.0 Å². The molecule has 2 rings (SSSR count). The highest BCUT2D eigenvalue weighted by Crippen LogP contribution is 2.21. The van der Waals surface area contributed by atoms with E-state index in [0.29, 0.717) is 12.2 Å². The van der Waals surface area contributed by atoms with Crippen LogP contribution in [0.5, 0.6) is 0 Å². The molecule has 9 heteroatoms. The van der Waals surface area contributed by atoms with Crippen molar-refractivity contribution in [3.05, 3.63) is 42.0 Å². The van der Waals surface area contributed by atoms with Crippen LogP contribution >= 0.6 is 0 Å².